The molecule has 4 amide bonds. The summed E-state index contributed by atoms with van der Waals surface area (Å²) < 4.78 is 0. The molecule has 0 spiro atoms. The van der Waals surface area contributed by atoms with Gasteiger partial charge in [0.2, 0.25) is 5.91 Å². The largest absolute Gasteiger partial charge is 0.326 e. The number of anilines is 1. The predicted octanol–water partition coefficient (Wildman–Crippen LogP) is 2.51. The van der Waals surface area contributed by atoms with Gasteiger partial charge >= 0.3 is 6.03 Å². The molecular formula is C20H22N4O3S. The molecule has 2 N–H and O–H groups in total. The number of nitrogens with zero attached hydrogens (tertiary/aromatic N) is 2. The van der Waals surface area contributed by atoms with Crippen LogP contribution >= 0.6 is 11.3 Å². The highest BCUT2D eigenvalue weighted by Gasteiger charge is 2.37. The summed E-state index contributed by atoms with van der Waals surface area (Å²) in [4.78, 5) is 43.7. The minimum Gasteiger partial charge on any atom is -0.326 e. The first kappa shape index (κ1) is 18.6. The molecule has 1 aromatic heterocycles. The van der Waals surface area contributed by atoms with Crippen molar-refractivity contribution in [3.8, 4) is 0 Å². The second-order valence-electron chi connectivity index (χ2n) is 7.06. The number of aromatic nitrogens is 1. The number of imide groups is 1. The Labute approximate surface area is 167 Å². The summed E-state index contributed by atoms with van der Waals surface area (Å²) in [5, 5.41) is 6.12. The fraction of sp³-hybridized carbons (Fsp3) is 0.400. The molecule has 8 heteroatoms. The number of hydrogen-bond donors (Lipinski definition) is 2. The summed E-state index contributed by atoms with van der Waals surface area (Å²) in [6.45, 7) is 0.335. The lowest BCUT2D eigenvalue weighted by molar-refractivity contribution is -0.127. The smallest absolute Gasteiger partial charge is 0.324 e. The van der Waals surface area contributed by atoms with Crippen molar-refractivity contribution in [2.45, 2.75) is 44.6 Å². The van der Waals surface area contributed by atoms with Gasteiger partial charge in [-0.25, -0.2) is 9.78 Å². The second-order valence-corrected chi connectivity index (χ2v) is 8.14. The van der Waals surface area contributed by atoms with Gasteiger partial charge in [-0.1, -0.05) is 30.3 Å². The number of aryl methyl sites for hydroxylation is 2. The average Bonchev–Trinajstić information content (AvgIpc) is 3.34. The first-order valence-corrected chi connectivity index (χ1v) is 10.4. The van der Waals surface area contributed by atoms with E-state index in [1.807, 2.05) is 30.3 Å². The molecule has 1 aliphatic heterocycles. The summed E-state index contributed by atoms with van der Waals surface area (Å²) in [5.41, 5.74) is 2.16. The summed E-state index contributed by atoms with van der Waals surface area (Å²) >= 11 is 1.53. The third-order valence-corrected chi connectivity index (χ3v) is 6.15. The van der Waals surface area contributed by atoms with E-state index in [0.29, 0.717) is 18.1 Å². The molecule has 2 aromatic rings. The predicted molar refractivity (Wildman–Crippen MR) is 106 cm³/mol. The van der Waals surface area contributed by atoms with E-state index in [-0.39, 0.29) is 30.7 Å². The van der Waals surface area contributed by atoms with Crippen LogP contribution in [0.5, 0.6) is 0 Å². The normalized spacial score (nSPS) is 18.3. The van der Waals surface area contributed by atoms with Gasteiger partial charge in [-0.3, -0.25) is 14.5 Å². The first-order chi connectivity index (χ1) is 13.6. The number of amides is 4. The van der Waals surface area contributed by atoms with Crippen LogP contribution in [-0.4, -0.2) is 40.3 Å². The standard InChI is InChI=1S/C20H22N4O3S/c25-17(23-19-21-14-7-4-8-16(14)28-19)10-9-15-18(26)24(20(27)22-15)12-11-13-5-2-1-3-6-13/h1-3,5-6,15H,4,7-12H2,(H,22,27)(H,21,23,25). The SMILES string of the molecule is O=C(CCC1NC(=O)N(CCc2ccccc2)C1=O)Nc1nc2c(s1)CCC2. The van der Waals surface area contributed by atoms with Gasteiger partial charge in [0, 0.05) is 17.8 Å². The highest BCUT2D eigenvalue weighted by atomic mass is 32.1. The molecule has 0 saturated carbocycles. The average molecular weight is 398 g/mol. The number of carbonyl (C=O) groups excluding carboxylic acids is 3. The lowest BCUT2D eigenvalue weighted by Gasteiger charge is -2.13. The molecule has 1 atom stereocenters. The Kier molecular flexibility index (Phi) is 5.38. The number of benzene rings is 1. The van der Waals surface area contributed by atoms with Crippen LogP contribution < -0.4 is 10.6 Å². The molecule has 1 aliphatic carbocycles. The number of nitrogens with one attached hydrogen (secondary N) is 2. The summed E-state index contributed by atoms with van der Waals surface area (Å²) in [6.07, 6.45) is 4.19. The summed E-state index contributed by atoms with van der Waals surface area (Å²) in [7, 11) is 0. The van der Waals surface area contributed by atoms with E-state index in [4.69, 9.17) is 0 Å². The molecule has 1 aromatic carbocycles. The number of thiazole rings is 1. The Morgan fingerprint density at radius 1 is 1.25 bits per heavy atom. The molecule has 1 saturated heterocycles. The van der Waals surface area contributed by atoms with Crippen LogP contribution in [0.3, 0.4) is 0 Å². The quantitative estimate of drug-likeness (QED) is 0.701. The number of hydrogen-bond acceptors (Lipinski definition) is 5. The minimum atomic E-state index is -0.643. The minimum absolute atomic E-state index is 0.160. The van der Waals surface area contributed by atoms with Crippen molar-refractivity contribution < 1.29 is 14.4 Å². The molecule has 1 fully saturated rings. The maximum absolute atomic E-state index is 12.5. The zero-order chi connectivity index (χ0) is 19.5. The number of fused-ring (bicyclic) bond motifs is 1. The van der Waals surface area contributed by atoms with E-state index in [1.165, 1.54) is 21.1 Å². The van der Waals surface area contributed by atoms with E-state index in [0.717, 1.165) is 30.5 Å². The number of urea groups is 1. The van der Waals surface area contributed by atoms with E-state index in [1.54, 1.807) is 0 Å². The van der Waals surface area contributed by atoms with Gasteiger partial charge in [-0.05, 0) is 37.7 Å². The van der Waals surface area contributed by atoms with Crippen LogP contribution in [0.2, 0.25) is 0 Å². The molecule has 0 bridgehead atoms. The van der Waals surface area contributed by atoms with Crippen molar-refractivity contribution in [1.29, 1.82) is 0 Å². The molecule has 28 heavy (non-hydrogen) atoms. The Bertz CT molecular complexity index is 875. The van der Waals surface area contributed by atoms with Gasteiger partial charge in [0.1, 0.15) is 6.04 Å². The molecular weight excluding hydrogens is 376 g/mol. The topological polar surface area (TPSA) is 91.4 Å². The summed E-state index contributed by atoms with van der Waals surface area (Å²) in [5.74, 6) is -0.445. The maximum Gasteiger partial charge on any atom is 0.324 e. The van der Waals surface area contributed by atoms with Crippen LogP contribution in [-0.2, 0) is 28.9 Å². The number of carbonyl (C=O) groups is 3. The Hall–Kier alpha value is -2.74. The summed E-state index contributed by atoms with van der Waals surface area (Å²) in [6, 6.07) is 8.69. The van der Waals surface area contributed by atoms with Gasteiger partial charge in [0.05, 0.1) is 5.69 Å². The van der Waals surface area contributed by atoms with Crippen molar-refractivity contribution in [2.24, 2.45) is 0 Å². The van der Waals surface area contributed by atoms with Crippen molar-refractivity contribution in [3.63, 3.8) is 0 Å². The van der Waals surface area contributed by atoms with Crippen molar-refractivity contribution >= 4 is 34.3 Å². The van der Waals surface area contributed by atoms with E-state index in [2.05, 4.69) is 15.6 Å². The van der Waals surface area contributed by atoms with E-state index < -0.39 is 6.04 Å². The van der Waals surface area contributed by atoms with Crippen LogP contribution in [0.1, 0.15) is 35.4 Å². The molecule has 2 heterocycles. The molecule has 2 aliphatic rings. The molecule has 4 rings (SSSR count). The van der Waals surface area contributed by atoms with Crippen molar-refractivity contribution in [3.05, 3.63) is 46.5 Å². The third-order valence-electron chi connectivity index (χ3n) is 5.08. The van der Waals surface area contributed by atoms with Gasteiger partial charge in [-0.15, -0.1) is 11.3 Å². The zero-order valence-electron chi connectivity index (χ0n) is 15.4. The Balaban J connectivity index is 1.25. The highest BCUT2D eigenvalue weighted by Crippen LogP contribution is 2.30. The lowest BCUT2D eigenvalue weighted by Crippen LogP contribution is -2.33. The zero-order valence-corrected chi connectivity index (χ0v) is 16.3. The van der Waals surface area contributed by atoms with Crippen molar-refractivity contribution in [1.82, 2.24) is 15.2 Å². The highest BCUT2D eigenvalue weighted by molar-refractivity contribution is 7.15. The van der Waals surface area contributed by atoms with Crippen LogP contribution in [0.15, 0.2) is 30.3 Å². The fourth-order valence-corrected chi connectivity index (χ4v) is 4.64. The van der Waals surface area contributed by atoms with E-state index >= 15 is 0 Å². The Morgan fingerprint density at radius 3 is 2.86 bits per heavy atom. The van der Waals surface area contributed by atoms with Crippen LogP contribution in [0, 0.1) is 0 Å². The van der Waals surface area contributed by atoms with Gasteiger partial charge in [0.15, 0.2) is 5.13 Å². The lowest BCUT2D eigenvalue weighted by atomic mass is 10.1. The van der Waals surface area contributed by atoms with E-state index in [9.17, 15) is 14.4 Å². The van der Waals surface area contributed by atoms with Gasteiger partial charge < -0.3 is 10.6 Å². The van der Waals surface area contributed by atoms with Gasteiger partial charge in [-0.2, -0.15) is 0 Å². The van der Waals surface area contributed by atoms with Crippen LogP contribution in [0.4, 0.5) is 9.93 Å². The molecule has 1 unspecified atom stereocenters. The molecule has 0 radical (unpaired) electrons. The third kappa shape index (κ3) is 4.06. The molecule has 7 nitrogen and oxygen atoms in total. The van der Waals surface area contributed by atoms with Crippen molar-refractivity contribution in [2.75, 3.05) is 11.9 Å². The van der Waals surface area contributed by atoms with Crippen LogP contribution in [0.25, 0.3) is 0 Å². The second kappa shape index (κ2) is 8.10. The van der Waals surface area contributed by atoms with Gasteiger partial charge in [0.25, 0.3) is 5.91 Å². The molecule has 146 valence electrons. The Morgan fingerprint density at radius 2 is 2.07 bits per heavy atom. The fourth-order valence-electron chi connectivity index (χ4n) is 3.57. The number of rotatable bonds is 7. The first-order valence-electron chi connectivity index (χ1n) is 9.54. The maximum atomic E-state index is 12.5. The monoisotopic (exact) mass is 398 g/mol.